The van der Waals surface area contributed by atoms with Gasteiger partial charge in [-0.3, -0.25) is 4.90 Å². The minimum absolute atomic E-state index is 0.0269. The average molecular weight is 374 g/mol. The first-order valence-electron chi connectivity index (χ1n) is 8.12. The fourth-order valence-electron chi connectivity index (χ4n) is 2.70. The van der Waals surface area contributed by atoms with Gasteiger partial charge in [-0.1, -0.05) is 0 Å². The van der Waals surface area contributed by atoms with Crippen LogP contribution in [-0.2, 0) is 14.8 Å². The molecule has 1 N–H and O–H groups in total. The Morgan fingerprint density at radius 3 is 2.36 bits per heavy atom. The van der Waals surface area contributed by atoms with Crippen molar-refractivity contribution in [2.45, 2.75) is 11.3 Å². The summed E-state index contributed by atoms with van der Waals surface area (Å²) in [5.74, 6) is 0.786. The Hall–Kier alpha value is -1.55. The summed E-state index contributed by atoms with van der Waals surface area (Å²) >= 11 is 0. The van der Waals surface area contributed by atoms with E-state index in [9.17, 15) is 8.42 Å². The van der Waals surface area contributed by atoms with E-state index in [0.29, 0.717) is 12.3 Å². The van der Waals surface area contributed by atoms with Crippen molar-refractivity contribution in [3.63, 3.8) is 0 Å². The molecule has 1 saturated heterocycles. The van der Waals surface area contributed by atoms with Crippen molar-refractivity contribution >= 4 is 10.0 Å². The molecule has 1 aliphatic rings. The summed E-state index contributed by atoms with van der Waals surface area (Å²) < 4.78 is 48.8. The summed E-state index contributed by atoms with van der Waals surface area (Å²) in [4.78, 5) is 2.29. The Labute approximate surface area is 149 Å². The van der Waals surface area contributed by atoms with Crippen molar-refractivity contribution in [2.24, 2.45) is 0 Å². The molecule has 0 bridgehead atoms. The third-order valence-electron chi connectivity index (χ3n) is 4.00. The maximum Gasteiger partial charge on any atom is 0.244 e. The van der Waals surface area contributed by atoms with Crippen molar-refractivity contribution in [2.75, 3.05) is 60.7 Å². The number of nitrogens with one attached hydrogen (secondary N) is 1. The molecular weight excluding hydrogens is 348 g/mol. The second-order valence-corrected chi connectivity index (χ2v) is 7.27. The predicted octanol–water partition coefficient (Wildman–Crippen LogP) is 0.713. The Kier molecular flexibility index (Phi) is 7.30. The fourth-order valence-corrected chi connectivity index (χ4v) is 3.93. The topological polar surface area (TPSA) is 86.3 Å². The fraction of sp³-hybridized carbons (Fsp3) is 0.625. The summed E-state index contributed by atoms with van der Waals surface area (Å²) in [6.45, 7) is 4.40. The number of hydrogen-bond acceptors (Lipinski definition) is 7. The van der Waals surface area contributed by atoms with Crippen LogP contribution in [0.2, 0.25) is 0 Å². The quantitative estimate of drug-likeness (QED) is 0.637. The van der Waals surface area contributed by atoms with Gasteiger partial charge in [-0.05, 0) is 25.1 Å². The van der Waals surface area contributed by atoms with Gasteiger partial charge in [0.2, 0.25) is 15.8 Å². The third kappa shape index (κ3) is 4.97. The van der Waals surface area contributed by atoms with Crippen LogP contribution in [0.15, 0.2) is 17.0 Å². The lowest BCUT2D eigenvalue weighted by molar-refractivity contribution is 0.0376. The molecule has 25 heavy (non-hydrogen) atoms. The van der Waals surface area contributed by atoms with Gasteiger partial charge in [-0.2, -0.15) is 0 Å². The van der Waals surface area contributed by atoms with Crippen LogP contribution in [0.4, 0.5) is 0 Å². The molecule has 0 unspecified atom stereocenters. The smallest absolute Gasteiger partial charge is 0.244 e. The average Bonchev–Trinajstić information content (AvgIpc) is 2.64. The molecule has 1 aromatic rings. The van der Waals surface area contributed by atoms with E-state index >= 15 is 0 Å². The van der Waals surface area contributed by atoms with Crippen molar-refractivity contribution in [3.05, 3.63) is 12.1 Å². The summed E-state index contributed by atoms with van der Waals surface area (Å²) in [5, 5.41) is 0. The molecule has 8 nitrogen and oxygen atoms in total. The van der Waals surface area contributed by atoms with Crippen molar-refractivity contribution in [3.8, 4) is 17.2 Å². The lowest BCUT2D eigenvalue weighted by atomic mass is 10.3. The molecule has 1 heterocycles. The Morgan fingerprint density at radius 2 is 1.76 bits per heavy atom. The molecule has 1 aromatic carbocycles. The largest absolute Gasteiger partial charge is 0.493 e. The summed E-state index contributed by atoms with van der Waals surface area (Å²) in [6.07, 6.45) is 0.717. The monoisotopic (exact) mass is 374 g/mol. The van der Waals surface area contributed by atoms with E-state index in [-0.39, 0.29) is 16.4 Å². The zero-order chi connectivity index (χ0) is 18.3. The van der Waals surface area contributed by atoms with Gasteiger partial charge in [0.1, 0.15) is 4.90 Å². The molecule has 9 heteroatoms. The summed E-state index contributed by atoms with van der Waals surface area (Å²) in [7, 11) is 0.599. The minimum atomic E-state index is -3.72. The molecule has 0 aromatic heterocycles. The molecule has 0 spiro atoms. The van der Waals surface area contributed by atoms with Crippen LogP contribution in [0, 0.1) is 0 Å². The Morgan fingerprint density at radius 1 is 1.08 bits per heavy atom. The van der Waals surface area contributed by atoms with E-state index in [1.54, 1.807) is 6.07 Å². The zero-order valence-corrected chi connectivity index (χ0v) is 15.7. The van der Waals surface area contributed by atoms with E-state index in [2.05, 4.69) is 9.62 Å². The van der Waals surface area contributed by atoms with Gasteiger partial charge in [-0.25, -0.2) is 13.1 Å². The summed E-state index contributed by atoms with van der Waals surface area (Å²) in [6, 6.07) is 2.99. The van der Waals surface area contributed by atoms with Gasteiger partial charge in [0.05, 0.1) is 34.5 Å². The number of ether oxygens (including phenoxy) is 4. The van der Waals surface area contributed by atoms with Crippen LogP contribution < -0.4 is 18.9 Å². The van der Waals surface area contributed by atoms with Crippen LogP contribution in [-0.4, -0.2) is 74.0 Å². The number of sulfonamides is 1. The molecule has 0 saturated carbocycles. The normalized spacial score (nSPS) is 15.8. The molecule has 2 rings (SSSR count). The molecule has 142 valence electrons. The first-order chi connectivity index (χ1) is 12.0. The van der Waals surface area contributed by atoms with E-state index in [4.69, 9.17) is 18.9 Å². The Balaban J connectivity index is 2.03. The van der Waals surface area contributed by atoms with Crippen LogP contribution in [0.3, 0.4) is 0 Å². The number of methoxy groups -OCH3 is 3. The van der Waals surface area contributed by atoms with Crippen molar-refractivity contribution in [1.82, 2.24) is 9.62 Å². The SMILES string of the molecule is COc1ccc(S(=O)(=O)NCCCN2CCOCC2)c(OC)c1OC. The molecule has 1 aliphatic heterocycles. The van der Waals surface area contributed by atoms with Gasteiger partial charge in [0.25, 0.3) is 0 Å². The van der Waals surface area contributed by atoms with Crippen LogP contribution >= 0.6 is 0 Å². The van der Waals surface area contributed by atoms with E-state index in [1.807, 2.05) is 0 Å². The highest BCUT2D eigenvalue weighted by Crippen LogP contribution is 2.41. The van der Waals surface area contributed by atoms with Gasteiger partial charge in [0.15, 0.2) is 11.5 Å². The van der Waals surface area contributed by atoms with Crippen molar-refractivity contribution < 1.29 is 27.4 Å². The number of morpholine rings is 1. The molecule has 0 radical (unpaired) electrons. The maximum absolute atomic E-state index is 12.6. The minimum Gasteiger partial charge on any atom is -0.493 e. The second kappa shape index (κ2) is 9.23. The van der Waals surface area contributed by atoms with E-state index < -0.39 is 10.0 Å². The van der Waals surface area contributed by atoms with Crippen molar-refractivity contribution in [1.29, 1.82) is 0 Å². The van der Waals surface area contributed by atoms with Crippen LogP contribution in [0.5, 0.6) is 17.2 Å². The number of nitrogens with zero attached hydrogens (tertiary/aromatic N) is 1. The van der Waals surface area contributed by atoms with Gasteiger partial charge >= 0.3 is 0 Å². The first kappa shape index (κ1) is 19.8. The van der Waals surface area contributed by atoms with Gasteiger partial charge in [0, 0.05) is 19.6 Å². The van der Waals surface area contributed by atoms with E-state index in [1.165, 1.54) is 27.4 Å². The maximum atomic E-state index is 12.6. The third-order valence-corrected chi connectivity index (χ3v) is 5.49. The molecule has 0 amide bonds. The number of rotatable bonds is 9. The number of benzene rings is 1. The second-order valence-electron chi connectivity index (χ2n) is 5.54. The van der Waals surface area contributed by atoms with Gasteiger partial charge in [-0.15, -0.1) is 0 Å². The molecule has 1 fully saturated rings. The molecule has 0 aliphatic carbocycles. The standard InChI is InChI=1S/C16H26N2O6S/c1-21-13-5-6-14(16(23-3)15(13)22-2)25(19,20)17-7-4-8-18-9-11-24-12-10-18/h5-6,17H,4,7-12H2,1-3H3. The number of hydrogen-bond donors (Lipinski definition) is 1. The summed E-state index contributed by atoms with van der Waals surface area (Å²) in [5.41, 5.74) is 0. The zero-order valence-electron chi connectivity index (χ0n) is 14.9. The Bertz CT molecular complexity index is 659. The van der Waals surface area contributed by atoms with Gasteiger partial charge < -0.3 is 18.9 Å². The van der Waals surface area contributed by atoms with E-state index in [0.717, 1.165) is 39.3 Å². The molecule has 0 atom stereocenters. The van der Waals surface area contributed by atoms with Crippen LogP contribution in [0.1, 0.15) is 6.42 Å². The highest BCUT2D eigenvalue weighted by Gasteiger charge is 2.25. The highest BCUT2D eigenvalue weighted by atomic mass is 32.2. The first-order valence-corrected chi connectivity index (χ1v) is 9.60. The lowest BCUT2D eigenvalue weighted by Crippen LogP contribution is -2.38. The van der Waals surface area contributed by atoms with Crippen LogP contribution in [0.25, 0.3) is 0 Å². The lowest BCUT2D eigenvalue weighted by Gasteiger charge is -2.26. The highest BCUT2D eigenvalue weighted by molar-refractivity contribution is 7.89. The molecular formula is C16H26N2O6S. The predicted molar refractivity (Wildman–Crippen MR) is 93.2 cm³/mol.